The third-order valence-electron chi connectivity index (χ3n) is 1.88. The van der Waals surface area contributed by atoms with Gasteiger partial charge in [-0.3, -0.25) is 4.98 Å². The van der Waals surface area contributed by atoms with E-state index < -0.39 is 0 Å². The molecular formula is C9H11N5. The molecule has 0 fully saturated rings. The van der Waals surface area contributed by atoms with E-state index in [1.54, 1.807) is 10.9 Å². The summed E-state index contributed by atoms with van der Waals surface area (Å²) in [6.45, 7) is 3.84. The number of aryl methyl sites for hydroxylation is 2. The number of aromatic nitrogens is 4. The van der Waals surface area contributed by atoms with Crippen LogP contribution in [0.1, 0.15) is 11.3 Å². The molecule has 0 aliphatic carbocycles. The van der Waals surface area contributed by atoms with Crippen LogP contribution in [0.3, 0.4) is 0 Å². The van der Waals surface area contributed by atoms with Crippen LogP contribution in [0, 0.1) is 13.8 Å². The summed E-state index contributed by atoms with van der Waals surface area (Å²) in [5.41, 5.74) is 7.44. The fourth-order valence-electron chi connectivity index (χ4n) is 1.20. The zero-order chi connectivity index (χ0) is 10.1. The Morgan fingerprint density at radius 1 is 1.29 bits per heavy atom. The first-order valence-electron chi connectivity index (χ1n) is 4.27. The number of nitrogens with two attached hydrogens (primary N) is 1. The lowest BCUT2D eigenvalue weighted by Crippen LogP contribution is -2.05. The number of hydrogen-bond acceptors (Lipinski definition) is 4. The maximum absolute atomic E-state index is 5.56. The van der Waals surface area contributed by atoms with E-state index in [0.717, 1.165) is 11.3 Å². The van der Waals surface area contributed by atoms with Crippen molar-refractivity contribution < 1.29 is 0 Å². The number of rotatable bonds is 1. The average Bonchev–Trinajstić information content (AvgIpc) is 2.56. The highest BCUT2D eigenvalue weighted by atomic mass is 15.3. The minimum atomic E-state index is 0.402. The molecular weight excluding hydrogens is 178 g/mol. The monoisotopic (exact) mass is 189 g/mol. The third kappa shape index (κ3) is 1.44. The van der Waals surface area contributed by atoms with Crippen LogP contribution >= 0.6 is 0 Å². The van der Waals surface area contributed by atoms with Crippen molar-refractivity contribution in [1.29, 1.82) is 0 Å². The summed E-state index contributed by atoms with van der Waals surface area (Å²) in [6, 6.07) is 0. The fourth-order valence-corrected chi connectivity index (χ4v) is 1.20. The SMILES string of the molecule is Cc1cnn(-c2nc(N)cnc2C)c1. The molecule has 2 aromatic heterocycles. The Balaban J connectivity index is 2.55. The minimum absolute atomic E-state index is 0.402. The summed E-state index contributed by atoms with van der Waals surface area (Å²) in [4.78, 5) is 8.29. The highest BCUT2D eigenvalue weighted by Crippen LogP contribution is 2.09. The molecule has 0 amide bonds. The van der Waals surface area contributed by atoms with Gasteiger partial charge in [-0.1, -0.05) is 0 Å². The van der Waals surface area contributed by atoms with E-state index >= 15 is 0 Å². The molecule has 2 heterocycles. The minimum Gasteiger partial charge on any atom is -0.382 e. The van der Waals surface area contributed by atoms with E-state index in [9.17, 15) is 0 Å². The quantitative estimate of drug-likeness (QED) is 0.722. The second kappa shape index (κ2) is 3.10. The molecule has 0 bridgehead atoms. The van der Waals surface area contributed by atoms with Gasteiger partial charge in [-0.2, -0.15) is 5.10 Å². The molecule has 72 valence electrons. The predicted octanol–water partition coefficient (Wildman–Crippen LogP) is 0.861. The summed E-state index contributed by atoms with van der Waals surface area (Å²) in [5.74, 6) is 1.08. The van der Waals surface area contributed by atoms with E-state index in [1.807, 2.05) is 20.0 Å². The molecule has 0 aliphatic heterocycles. The van der Waals surface area contributed by atoms with Crippen LogP contribution in [0.2, 0.25) is 0 Å². The third-order valence-corrected chi connectivity index (χ3v) is 1.88. The van der Waals surface area contributed by atoms with Gasteiger partial charge in [0.1, 0.15) is 5.82 Å². The van der Waals surface area contributed by atoms with E-state index in [4.69, 9.17) is 5.73 Å². The van der Waals surface area contributed by atoms with Gasteiger partial charge in [-0.05, 0) is 19.4 Å². The Kier molecular flexibility index (Phi) is 1.92. The molecule has 0 saturated heterocycles. The Bertz CT molecular complexity index is 460. The van der Waals surface area contributed by atoms with Gasteiger partial charge in [0.2, 0.25) is 0 Å². The lowest BCUT2D eigenvalue weighted by molar-refractivity contribution is 0.826. The van der Waals surface area contributed by atoms with Crippen molar-refractivity contribution in [2.45, 2.75) is 13.8 Å². The second-order valence-corrected chi connectivity index (χ2v) is 3.17. The maximum atomic E-state index is 5.56. The number of nitrogens with zero attached hydrogens (tertiary/aromatic N) is 4. The second-order valence-electron chi connectivity index (χ2n) is 3.17. The Labute approximate surface area is 81.6 Å². The van der Waals surface area contributed by atoms with Crippen LogP contribution in [-0.2, 0) is 0 Å². The van der Waals surface area contributed by atoms with Crippen LogP contribution in [0.15, 0.2) is 18.6 Å². The lowest BCUT2D eigenvalue weighted by atomic mass is 10.4. The molecule has 2 rings (SSSR count). The lowest BCUT2D eigenvalue weighted by Gasteiger charge is -2.03. The molecule has 2 N–H and O–H groups in total. The molecule has 0 spiro atoms. The molecule has 5 nitrogen and oxygen atoms in total. The summed E-state index contributed by atoms with van der Waals surface area (Å²) in [7, 11) is 0. The summed E-state index contributed by atoms with van der Waals surface area (Å²) >= 11 is 0. The van der Waals surface area contributed by atoms with Crippen LogP contribution < -0.4 is 5.73 Å². The Morgan fingerprint density at radius 3 is 2.71 bits per heavy atom. The van der Waals surface area contributed by atoms with Crippen molar-refractivity contribution >= 4 is 5.82 Å². The van der Waals surface area contributed by atoms with Gasteiger partial charge in [-0.15, -0.1) is 0 Å². The van der Waals surface area contributed by atoms with Gasteiger partial charge >= 0.3 is 0 Å². The Morgan fingerprint density at radius 2 is 2.07 bits per heavy atom. The van der Waals surface area contributed by atoms with Gasteiger partial charge in [0, 0.05) is 6.20 Å². The smallest absolute Gasteiger partial charge is 0.176 e. The standard InChI is InChI=1S/C9H11N5/c1-6-3-12-14(5-6)9-7(2)11-4-8(10)13-9/h3-5H,1-2H3,(H2,10,13). The predicted molar refractivity (Wildman–Crippen MR) is 53.0 cm³/mol. The van der Waals surface area contributed by atoms with E-state index in [2.05, 4.69) is 15.1 Å². The van der Waals surface area contributed by atoms with Gasteiger partial charge in [0.25, 0.3) is 0 Å². The van der Waals surface area contributed by atoms with Crippen LogP contribution in [0.4, 0.5) is 5.82 Å². The first-order valence-corrected chi connectivity index (χ1v) is 4.27. The molecule has 0 aromatic carbocycles. The molecule has 2 aromatic rings. The topological polar surface area (TPSA) is 69.6 Å². The van der Waals surface area contributed by atoms with Crippen molar-refractivity contribution in [2.75, 3.05) is 5.73 Å². The molecule has 0 unspecified atom stereocenters. The van der Waals surface area contributed by atoms with Crippen LogP contribution in [0.25, 0.3) is 5.82 Å². The molecule has 0 saturated carbocycles. The van der Waals surface area contributed by atoms with E-state index in [0.29, 0.717) is 11.6 Å². The van der Waals surface area contributed by atoms with Gasteiger partial charge in [0.15, 0.2) is 5.82 Å². The molecule has 0 atom stereocenters. The first kappa shape index (κ1) is 8.68. The van der Waals surface area contributed by atoms with Crippen LogP contribution in [0.5, 0.6) is 0 Å². The maximum Gasteiger partial charge on any atom is 0.176 e. The summed E-state index contributed by atoms with van der Waals surface area (Å²) in [5, 5.41) is 4.15. The fraction of sp³-hybridized carbons (Fsp3) is 0.222. The molecule has 0 aliphatic rings. The summed E-state index contributed by atoms with van der Waals surface area (Å²) < 4.78 is 1.67. The van der Waals surface area contributed by atoms with E-state index in [1.165, 1.54) is 6.20 Å². The largest absolute Gasteiger partial charge is 0.382 e. The highest BCUT2D eigenvalue weighted by molar-refractivity contribution is 5.35. The Hall–Kier alpha value is -1.91. The zero-order valence-electron chi connectivity index (χ0n) is 8.10. The van der Waals surface area contributed by atoms with Crippen molar-refractivity contribution in [3.63, 3.8) is 0 Å². The zero-order valence-corrected chi connectivity index (χ0v) is 8.10. The van der Waals surface area contributed by atoms with Crippen molar-refractivity contribution in [2.24, 2.45) is 0 Å². The number of nitrogen functional groups attached to an aromatic ring is 1. The first-order chi connectivity index (χ1) is 6.66. The van der Waals surface area contributed by atoms with E-state index in [-0.39, 0.29) is 0 Å². The normalized spacial score (nSPS) is 10.4. The number of anilines is 1. The van der Waals surface area contributed by atoms with Gasteiger partial charge < -0.3 is 5.73 Å². The van der Waals surface area contributed by atoms with Crippen molar-refractivity contribution in [3.8, 4) is 5.82 Å². The van der Waals surface area contributed by atoms with Crippen molar-refractivity contribution in [1.82, 2.24) is 19.7 Å². The highest BCUT2D eigenvalue weighted by Gasteiger charge is 2.05. The molecule has 5 heteroatoms. The van der Waals surface area contributed by atoms with Gasteiger partial charge in [0.05, 0.1) is 18.1 Å². The molecule has 14 heavy (non-hydrogen) atoms. The molecule has 0 radical (unpaired) electrons. The average molecular weight is 189 g/mol. The number of hydrogen-bond donors (Lipinski definition) is 1. The van der Waals surface area contributed by atoms with Gasteiger partial charge in [-0.25, -0.2) is 9.67 Å². The van der Waals surface area contributed by atoms with Crippen LogP contribution in [-0.4, -0.2) is 19.7 Å². The summed E-state index contributed by atoms with van der Waals surface area (Å²) in [6.07, 6.45) is 5.19. The van der Waals surface area contributed by atoms with Crippen molar-refractivity contribution in [3.05, 3.63) is 29.8 Å².